The van der Waals surface area contributed by atoms with Crippen molar-refractivity contribution in [1.29, 1.82) is 0 Å². The van der Waals surface area contributed by atoms with Crippen molar-refractivity contribution in [2.45, 2.75) is 44.2 Å². The molecular weight excluding hydrogens is 390 g/mol. The Morgan fingerprint density at radius 1 is 1.17 bits per heavy atom. The van der Waals surface area contributed by atoms with Gasteiger partial charge in [-0.25, -0.2) is 0 Å². The third-order valence-electron chi connectivity index (χ3n) is 7.09. The Morgan fingerprint density at radius 2 is 2.00 bits per heavy atom. The number of carbonyl (C=O) groups excluding carboxylic acids is 1. The Hall–Kier alpha value is -1.34. The maximum absolute atomic E-state index is 12.8. The quantitative estimate of drug-likeness (QED) is 0.735. The smallest absolute Gasteiger partial charge is 0.224 e. The van der Waals surface area contributed by atoms with Gasteiger partial charge in [0.25, 0.3) is 0 Å². The maximum atomic E-state index is 12.8. The number of benzene rings is 1. The second kappa shape index (κ2) is 8.80. The summed E-state index contributed by atoms with van der Waals surface area (Å²) in [6, 6.07) is 7.56. The van der Waals surface area contributed by atoms with Gasteiger partial charge in [-0.15, -0.1) is 0 Å². The molecule has 1 spiro atoms. The first-order chi connectivity index (χ1) is 14.0. The molecule has 2 aliphatic heterocycles. The molecular formula is C22H32ClN3O3. The summed E-state index contributed by atoms with van der Waals surface area (Å²) in [6.07, 6.45) is 4.33. The van der Waals surface area contributed by atoms with E-state index >= 15 is 0 Å². The third-order valence-corrected chi connectivity index (χ3v) is 7.32. The summed E-state index contributed by atoms with van der Waals surface area (Å²) < 4.78 is 0. The second-order valence-corrected chi connectivity index (χ2v) is 9.29. The lowest BCUT2D eigenvalue weighted by Gasteiger charge is -2.38. The fraction of sp³-hybridized carbons (Fsp3) is 0.682. The Labute approximate surface area is 178 Å². The van der Waals surface area contributed by atoms with Crippen LogP contribution in [0.15, 0.2) is 24.3 Å². The molecule has 0 bridgehead atoms. The number of piperidine rings is 1. The van der Waals surface area contributed by atoms with E-state index in [1.54, 1.807) is 0 Å². The van der Waals surface area contributed by atoms with E-state index in [2.05, 4.69) is 9.80 Å². The molecule has 4 rings (SSSR count). The zero-order valence-electron chi connectivity index (χ0n) is 17.0. The van der Waals surface area contributed by atoms with E-state index in [9.17, 15) is 15.0 Å². The molecule has 1 saturated carbocycles. The minimum Gasteiger partial charge on any atom is -0.394 e. The largest absolute Gasteiger partial charge is 0.394 e. The van der Waals surface area contributed by atoms with Crippen LogP contribution in [0.4, 0.5) is 5.69 Å². The van der Waals surface area contributed by atoms with E-state index in [4.69, 9.17) is 11.6 Å². The average molecular weight is 422 g/mol. The summed E-state index contributed by atoms with van der Waals surface area (Å²) >= 11 is 6.12. The Bertz CT molecular complexity index is 727. The lowest BCUT2D eigenvalue weighted by molar-refractivity contribution is -0.133. The predicted molar refractivity (Wildman–Crippen MR) is 114 cm³/mol. The number of likely N-dealkylation sites (tertiary alicyclic amines) is 1. The lowest BCUT2D eigenvalue weighted by atomic mass is 9.90. The minimum absolute atomic E-state index is 0.0246. The third kappa shape index (κ3) is 4.71. The predicted octanol–water partition coefficient (Wildman–Crippen LogP) is 1.98. The fourth-order valence-electron chi connectivity index (χ4n) is 4.86. The Balaban J connectivity index is 1.32. The van der Waals surface area contributed by atoms with Gasteiger partial charge in [0.2, 0.25) is 5.91 Å². The van der Waals surface area contributed by atoms with Crippen LogP contribution in [0.2, 0.25) is 5.02 Å². The van der Waals surface area contributed by atoms with Gasteiger partial charge in [-0.2, -0.15) is 0 Å². The number of aliphatic hydroxyl groups is 2. The molecule has 1 aliphatic carbocycles. The summed E-state index contributed by atoms with van der Waals surface area (Å²) in [6.45, 7) is 4.49. The molecule has 0 aromatic heterocycles. The molecule has 6 nitrogen and oxygen atoms in total. The van der Waals surface area contributed by atoms with E-state index in [-0.39, 0.29) is 30.1 Å². The molecule has 3 aliphatic rings. The second-order valence-electron chi connectivity index (χ2n) is 8.86. The van der Waals surface area contributed by atoms with Crippen molar-refractivity contribution in [3.8, 4) is 0 Å². The highest BCUT2D eigenvalue weighted by molar-refractivity contribution is 6.30. The lowest BCUT2D eigenvalue weighted by Crippen LogP contribution is -2.48. The minimum atomic E-state index is -0.227. The number of hydrogen-bond donors (Lipinski definition) is 2. The highest BCUT2D eigenvalue weighted by Gasteiger charge is 2.51. The van der Waals surface area contributed by atoms with Crippen LogP contribution >= 0.6 is 11.6 Å². The van der Waals surface area contributed by atoms with Crippen LogP contribution < -0.4 is 4.90 Å². The molecule has 2 N–H and O–H groups in total. The van der Waals surface area contributed by atoms with E-state index in [0.717, 1.165) is 51.0 Å². The highest BCUT2D eigenvalue weighted by atomic mass is 35.5. The zero-order chi connectivity index (χ0) is 20.4. The van der Waals surface area contributed by atoms with Crippen LogP contribution in [0.3, 0.4) is 0 Å². The van der Waals surface area contributed by atoms with Gasteiger partial charge >= 0.3 is 0 Å². The van der Waals surface area contributed by atoms with Gasteiger partial charge in [0.05, 0.1) is 18.8 Å². The fourth-order valence-corrected chi connectivity index (χ4v) is 5.04. The summed E-state index contributed by atoms with van der Waals surface area (Å²) in [5, 5.41) is 21.1. The molecule has 160 valence electrons. The van der Waals surface area contributed by atoms with Crippen molar-refractivity contribution >= 4 is 23.2 Å². The molecule has 0 unspecified atom stereocenters. The van der Waals surface area contributed by atoms with Gasteiger partial charge in [0, 0.05) is 49.9 Å². The summed E-state index contributed by atoms with van der Waals surface area (Å²) in [4.78, 5) is 19.1. The van der Waals surface area contributed by atoms with Crippen molar-refractivity contribution in [3.05, 3.63) is 29.3 Å². The molecule has 1 amide bonds. The zero-order valence-corrected chi connectivity index (χ0v) is 17.7. The van der Waals surface area contributed by atoms with Crippen LogP contribution in [0.5, 0.6) is 0 Å². The van der Waals surface area contributed by atoms with E-state index < -0.39 is 0 Å². The van der Waals surface area contributed by atoms with E-state index in [1.165, 1.54) is 0 Å². The number of amides is 1. The van der Waals surface area contributed by atoms with Crippen molar-refractivity contribution in [1.82, 2.24) is 9.80 Å². The molecule has 0 radical (unpaired) electrons. The van der Waals surface area contributed by atoms with Gasteiger partial charge in [-0.05, 0) is 55.8 Å². The molecule has 1 aromatic rings. The number of aliphatic hydroxyl groups excluding tert-OH is 2. The molecule has 2 atom stereocenters. The number of anilines is 1. The van der Waals surface area contributed by atoms with E-state index in [1.807, 2.05) is 29.2 Å². The van der Waals surface area contributed by atoms with Crippen molar-refractivity contribution in [2.24, 2.45) is 5.41 Å². The van der Waals surface area contributed by atoms with Crippen LogP contribution in [0.25, 0.3) is 0 Å². The molecule has 3 fully saturated rings. The van der Waals surface area contributed by atoms with Crippen LogP contribution in [-0.2, 0) is 4.79 Å². The number of carbonyl (C=O) groups is 1. The molecule has 7 heteroatoms. The van der Waals surface area contributed by atoms with E-state index in [0.29, 0.717) is 31.1 Å². The van der Waals surface area contributed by atoms with Crippen LogP contribution in [0, 0.1) is 5.41 Å². The number of hydrogen-bond acceptors (Lipinski definition) is 5. The standard InChI is InChI=1S/C22H32ClN3O3/c23-17-2-1-3-18(14-17)25-10-5-21(29)26(13-12-25)19(16-27)4-9-24-11-8-22(6-7-22)20(28)15-24/h1-3,14,19-20,27-28H,4-13,15-16H2/t19-,20+/m0/s1. The van der Waals surface area contributed by atoms with Gasteiger partial charge in [-0.1, -0.05) is 17.7 Å². The average Bonchev–Trinajstić information content (AvgIpc) is 3.51. The SMILES string of the molecule is O=C1CCN(c2cccc(Cl)c2)CCN1[C@H](CO)CCN1CCC2(CC2)[C@H](O)C1. The maximum Gasteiger partial charge on any atom is 0.224 e. The first-order valence-electron chi connectivity index (χ1n) is 10.8. The Kier molecular flexibility index (Phi) is 6.35. The molecule has 2 saturated heterocycles. The topological polar surface area (TPSA) is 67.2 Å². The van der Waals surface area contributed by atoms with Gasteiger partial charge < -0.3 is 24.9 Å². The molecule has 2 heterocycles. The monoisotopic (exact) mass is 421 g/mol. The van der Waals surface area contributed by atoms with Gasteiger partial charge in [0.1, 0.15) is 0 Å². The molecule has 1 aromatic carbocycles. The first-order valence-corrected chi connectivity index (χ1v) is 11.2. The summed E-state index contributed by atoms with van der Waals surface area (Å²) in [7, 11) is 0. The Morgan fingerprint density at radius 3 is 2.69 bits per heavy atom. The number of nitrogens with zero attached hydrogens (tertiary/aromatic N) is 3. The van der Waals surface area contributed by atoms with Crippen molar-refractivity contribution in [2.75, 3.05) is 50.8 Å². The van der Waals surface area contributed by atoms with Crippen molar-refractivity contribution < 1.29 is 15.0 Å². The number of β-amino-alcohol motifs (C(OH)–C–C–N with tert-alkyl or cyclic N) is 1. The van der Waals surface area contributed by atoms with Crippen LogP contribution in [-0.4, -0.2) is 83.9 Å². The first kappa shape index (κ1) is 20.9. The van der Waals surface area contributed by atoms with Crippen LogP contribution in [0.1, 0.15) is 32.1 Å². The normalized spacial score (nSPS) is 25.9. The van der Waals surface area contributed by atoms with Crippen molar-refractivity contribution in [3.63, 3.8) is 0 Å². The highest BCUT2D eigenvalue weighted by Crippen LogP contribution is 2.53. The van der Waals surface area contributed by atoms with Gasteiger partial charge in [-0.3, -0.25) is 4.79 Å². The summed E-state index contributed by atoms with van der Waals surface area (Å²) in [5.41, 5.74) is 1.24. The molecule has 29 heavy (non-hydrogen) atoms. The number of rotatable bonds is 6. The summed E-state index contributed by atoms with van der Waals surface area (Å²) in [5.74, 6) is 0.101. The van der Waals surface area contributed by atoms with Gasteiger partial charge in [0.15, 0.2) is 0 Å². The number of halogens is 1.